The number of rotatable bonds is 3. The normalized spacial score (nSPS) is 16.5. The molecule has 0 fully saturated rings. The van der Waals surface area contributed by atoms with E-state index in [1.165, 1.54) is 5.56 Å². The number of nitrogens with zero attached hydrogens (tertiary/aromatic N) is 2. The van der Waals surface area contributed by atoms with Crippen LogP contribution in [0, 0.1) is 0 Å². The topological polar surface area (TPSA) is 49.0 Å². The molecule has 1 aliphatic rings. The van der Waals surface area contributed by atoms with Crippen LogP contribution in [0.1, 0.15) is 60.9 Å². The van der Waals surface area contributed by atoms with Crippen molar-refractivity contribution in [2.75, 3.05) is 0 Å². The highest BCUT2D eigenvalue weighted by Crippen LogP contribution is 2.45. The Kier molecular flexibility index (Phi) is 4.54. The molecular weight excluding hydrogens is 370 g/mol. The molecule has 2 aromatic carbocycles. The number of carbonyl (C=O) groups is 1. The molecule has 3 aromatic rings. The lowest BCUT2D eigenvalue weighted by Crippen LogP contribution is -2.44. The second-order valence-electron chi connectivity index (χ2n) is 8.21. The summed E-state index contributed by atoms with van der Waals surface area (Å²) in [6.07, 6.45) is 0.986. The van der Waals surface area contributed by atoms with E-state index in [2.05, 4.69) is 62.2 Å². The zero-order chi connectivity index (χ0) is 20.1. The zero-order valence-electron chi connectivity index (χ0n) is 16.6. The van der Waals surface area contributed by atoms with Crippen molar-refractivity contribution in [3.8, 4) is 11.3 Å². The van der Waals surface area contributed by atoms with E-state index < -0.39 is 0 Å². The molecule has 2 heterocycles. The van der Waals surface area contributed by atoms with Crippen LogP contribution in [0.15, 0.2) is 48.5 Å². The Hall–Kier alpha value is -2.59. The number of aromatic nitrogens is 2. The standard InChI is InChI=1S/C23H24ClN3O/c1-5-14-6-8-16(9-7-14)21-18-19(15-10-12-17(24)13-11-15)25-26-20(18)22(28)27(21)23(2,3)4/h6-13,21H,5H2,1-4H3,(H,25,26). The number of hydrogen-bond acceptors (Lipinski definition) is 2. The molecule has 0 saturated carbocycles. The van der Waals surface area contributed by atoms with E-state index in [4.69, 9.17) is 11.6 Å². The van der Waals surface area contributed by atoms with Crippen LogP contribution in [0.25, 0.3) is 11.3 Å². The maximum absolute atomic E-state index is 13.3. The van der Waals surface area contributed by atoms with Crippen molar-refractivity contribution in [2.24, 2.45) is 0 Å². The summed E-state index contributed by atoms with van der Waals surface area (Å²) in [5.41, 5.74) is 5.30. The third kappa shape index (κ3) is 3.02. The number of carbonyl (C=O) groups excluding carboxylic acids is 1. The summed E-state index contributed by atoms with van der Waals surface area (Å²) in [5, 5.41) is 8.17. The first kappa shape index (κ1) is 18.8. The van der Waals surface area contributed by atoms with Crippen LogP contribution in [0.2, 0.25) is 5.02 Å². The van der Waals surface area contributed by atoms with Gasteiger partial charge in [0.05, 0.1) is 11.7 Å². The fraction of sp³-hybridized carbons (Fsp3) is 0.304. The smallest absolute Gasteiger partial charge is 0.273 e. The minimum atomic E-state index is -0.331. The molecule has 1 atom stereocenters. The van der Waals surface area contributed by atoms with Crippen molar-refractivity contribution >= 4 is 17.5 Å². The van der Waals surface area contributed by atoms with Crippen LogP contribution >= 0.6 is 11.6 Å². The number of nitrogens with one attached hydrogen (secondary N) is 1. The molecule has 0 bridgehead atoms. The highest BCUT2D eigenvalue weighted by atomic mass is 35.5. The van der Waals surface area contributed by atoms with Gasteiger partial charge in [-0.3, -0.25) is 9.89 Å². The largest absolute Gasteiger partial charge is 0.321 e. The van der Waals surface area contributed by atoms with Gasteiger partial charge in [-0.25, -0.2) is 0 Å². The van der Waals surface area contributed by atoms with Crippen molar-refractivity contribution < 1.29 is 4.79 Å². The van der Waals surface area contributed by atoms with Crippen molar-refractivity contribution in [3.05, 3.63) is 75.9 Å². The van der Waals surface area contributed by atoms with Gasteiger partial charge in [-0.2, -0.15) is 5.10 Å². The molecule has 1 N–H and O–H groups in total. The molecule has 0 radical (unpaired) electrons. The Balaban J connectivity index is 1.90. The van der Waals surface area contributed by atoms with E-state index in [1.54, 1.807) is 0 Å². The fourth-order valence-corrected chi connectivity index (χ4v) is 4.04. The average molecular weight is 394 g/mol. The molecule has 5 heteroatoms. The van der Waals surface area contributed by atoms with Gasteiger partial charge in [0.15, 0.2) is 0 Å². The van der Waals surface area contributed by atoms with Gasteiger partial charge in [0.1, 0.15) is 5.69 Å². The summed E-state index contributed by atoms with van der Waals surface area (Å²) in [4.78, 5) is 15.2. The molecule has 0 aliphatic carbocycles. The van der Waals surface area contributed by atoms with Crippen LogP contribution in [-0.4, -0.2) is 26.5 Å². The second kappa shape index (κ2) is 6.78. The number of aromatic amines is 1. The summed E-state index contributed by atoms with van der Waals surface area (Å²) in [6.45, 7) is 8.35. The van der Waals surface area contributed by atoms with E-state index >= 15 is 0 Å². The lowest BCUT2D eigenvalue weighted by molar-refractivity contribution is 0.0546. The summed E-state index contributed by atoms with van der Waals surface area (Å²) in [6, 6.07) is 15.9. The first-order valence-corrected chi connectivity index (χ1v) is 9.95. The van der Waals surface area contributed by atoms with E-state index in [1.807, 2.05) is 29.2 Å². The van der Waals surface area contributed by atoms with Gasteiger partial charge in [-0.15, -0.1) is 0 Å². The van der Waals surface area contributed by atoms with E-state index in [9.17, 15) is 4.79 Å². The maximum Gasteiger partial charge on any atom is 0.273 e. The fourth-order valence-electron chi connectivity index (χ4n) is 3.92. The Labute approximate surface area is 170 Å². The van der Waals surface area contributed by atoms with Crippen molar-refractivity contribution in [3.63, 3.8) is 0 Å². The lowest BCUT2D eigenvalue weighted by atomic mass is 9.93. The number of benzene rings is 2. The van der Waals surface area contributed by atoms with Gasteiger partial charge in [0.2, 0.25) is 0 Å². The summed E-state index contributed by atoms with van der Waals surface area (Å²) >= 11 is 6.06. The number of hydrogen-bond donors (Lipinski definition) is 1. The highest BCUT2D eigenvalue weighted by Gasteiger charge is 2.46. The molecular formula is C23H24ClN3O. The molecule has 0 spiro atoms. The van der Waals surface area contributed by atoms with Crippen LogP contribution in [0.3, 0.4) is 0 Å². The maximum atomic E-state index is 13.3. The monoisotopic (exact) mass is 393 g/mol. The van der Waals surface area contributed by atoms with Crippen LogP contribution in [0.5, 0.6) is 0 Å². The van der Waals surface area contributed by atoms with Gasteiger partial charge in [0.25, 0.3) is 5.91 Å². The summed E-state index contributed by atoms with van der Waals surface area (Å²) < 4.78 is 0. The second-order valence-corrected chi connectivity index (χ2v) is 8.65. The first-order valence-electron chi connectivity index (χ1n) is 9.58. The Morgan fingerprint density at radius 2 is 1.71 bits per heavy atom. The predicted molar refractivity (Wildman–Crippen MR) is 113 cm³/mol. The van der Waals surface area contributed by atoms with Crippen molar-refractivity contribution in [1.82, 2.24) is 15.1 Å². The molecule has 0 saturated heterocycles. The lowest BCUT2D eigenvalue weighted by Gasteiger charge is -2.37. The SMILES string of the molecule is CCc1ccc(C2c3c(-c4ccc(Cl)cc4)n[nH]c3C(=O)N2C(C)(C)C)cc1. The number of amides is 1. The minimum Gasteiger partial charge on any atom is -0.321 e. The number of halogens is 1. The Morgan fingerprint density at radius 3 is 2.29 bits per heavy atom. The number of H-pyrrole nitrogens is 1. The van der Waals surface area contributed by atoms with Crippen molar-refractivity contribution in [2.45, 2.75) is 45.7 Å². The van der Waals surface area contributed by atoms with Gasteiger partial charge in [-0.1, -0.05) is 54.9 Å². The molecule has 1 amide bonds. The van der Waals surface area contributed by atoms with E-state index in [-0.39, 0.29) is 17.5 Å². The summed E-state index contributed by atoms with van der Waals surface area (Å²) in [5.74, 6) is -0.0141. The molecule has 1 unspecified atom stereocenters. The van der Waals surface area contributed by atoms with Gasteiger partial charge in [0, 0.05) is 21.7 Å². The predicted octanol–water partition coefficient (Wildman–Crippen LogP) is 5.64. The van der Waals surface area contributed by atoms with Crippen LogP contribution in [-0.2, 0) is 6.42 Å². The molecule has 4 nitrogen and oxygen atoms in total. The molecule has 1 aliphatic heterocycles. The quantitative estimate of drug-likeness (QED) is 0.626. The third-order valence-corrected chi connectivity index (χ3v) is 5.56. The van der Waals surface area contributed by atoms with Crippen LogP contribution in [0.4, 0.5) is 0 Å². The zero-order valence-corrected chi connectivity index (χ0v) is 17.3. The van der Waals surface area contributed by atoms with Crippen molar-refractivity contribution in [1.29, 1.82) is 0 Å². The molecule has 144 valence electrons. The number of aryl methyl sites for hydroxylation is 1. The van der Waals surface area contributed by atoms with Gasteiger partial charge < -0.3 is 4.90 Å². The average Bonchev–Trinajstić information content (AvgIpc) is 3.21. The van der Waals surface area contributed by atoms with Gasteiger partial charge in [-0.05, 0) is 50.5 Å². The molecule has 4 rings (SSSR count). The van der Waals surface area contributed by atoms with Gasteiger partial charge >= 0.3 is 0 Å². The van der Waals surface area contributed by atoms with Crippen LogP contribution < -0.4 is 0 Å². The number of fused-ring (bicyclic) bond motifs is 1. The minimum absolute atomic E-state index is 0.0141. The van der Waals surface area contributed by atoms with E-state index in [0.29, 0.717) is 10.7 Å². The third-order valence-electron chi connectivity index (χ3n) is 5.31. The molecule has 1 aromatic heterocycles. The summed E-state index contributed by atoms with van der Waals surface area (Å²) in [7, 11) is 0. The Bertz CT molecular complexity index is 1010. The highest BCUT2D eigenvalue weighted by molar-refractivity contribution is 6.30. The first-order chi connectivity index (χ1) is 13.3. The Morgan fingerprint density at radius 1 is 1.07 bits per heavy atom. The molecule has 28 heavy (non-hydrogen) atoms. The van der Waals surface area contributed by atoms with E-state index in [0.717, 1.165) is 28.8 Å².